The summed E-state index contributed by atoms with van der Waals surface area (Å²) in [4.78, 5) is 20.6. The molecule has 2 aromatic rings. The largest absolute Gasteiger partial charge is 0.398 e. The van der Waals surface area contributed by atoms with Gasteiger partial charge < -0.3 is 5.73 Å². The Hall–Kier alpha value is -1.56. The van der Waals surface area contributed by atoms with Crippen molar-refractivity contribution < 1.29 is 0 Å². The van der Waals surface area contributed by atoms with Crippen LogP contribution in [0, 0.1) is 0 Å². The van der Waals surface area contributed by atoms with Gasteiger partial charge in [-0.15, -0.1) is 0 Å². The van der Waals surface area contributed by atoms with E-state index in [1.165, 1.54) is 17.8 Å². The zero-order chi connectivity index (χ0) is 12.0. The SMILES string of the molecule is CSc1ncc2c(N)cc(=O)n(C3CC3)c2n1. The second-order valence-electron chi connectivity index (χ2n) is 4.13. The van der Waals surface area contributed by atoms with Crippen molar-refractivity contribution >= 4 is 28.5 Å². The van der Waals surface area contributed by atoms with E-state index < -0.39 is 0 Å². The topological polar surface area (TPSA) is 73.8 Å². The summed E-state index contributed by atoms with van der Waals surface area (Å²) >= 11 is 1.46. The van der Waals surface area contributed by atoms with Crippen LogP contribution in [0.5, 0.6) is 0 Å². The molecule has 0 amide bonds. The number of hydrogen-bond donors (Lipinski definition) is 1. The van der Waals surface area contributed by atoms with E-state index in [-0.39, 0.29) is 11.6 Å². The normalized spacial score (nSPS) is 15.4. The van der Waals surface area contributed by atoms with Crippen LogP contribution >= 0.6 is 11.8 Å². The maximum atomic E-state index is 12.0. The van der Waals surface area contributed by atoms with Crippen LogP contribution in [0.4, 0.5) is 5.69 Å². The lowest BCUT2D eigenvalue weighted by Crippen LogP contribution is -2.20. The molecular weight excluding hydrogens is 236 g/mol. The van der Waals surface area contributed by atoms with Gasteiger partial charge in [-0.1, -0.05) is 11.8 Å². The number of rotatable bonds is 2. The van der Waals surface area contributed by atoms with Crippen molar-refractivity contribution in [1.29, 1.82) is 0 Å². The van der Waals surface area contributed by atoms with Crippen LogP contribution < -0.4 is 11.3 Å². The van der Waals surface area contributed by atoms with Crippen LogP contribution in [-0.4, -0.2) is 20.8 Å². The third kappa shape index (κ3) is 1.68. The smallest absolute Gasteiger partial charge is 0.254 e. The lowest BCUT2D eigenvalue weighted by molar-refractivity contribution is 0.723. The van der Waals surface area contributed by atoms with E-state index in [4.69, 9.17) is 5.73 Å². The zero-order valence-corrected chi connectivity index (χ0v) is 10.2. The van der Waals surface area contributed by atoms with Gasteiger partial charge in [0.1, 0.15) is 5.65 Å². The third-order valence-electron chi connectivity index (χ3n) is 2.90. The standard InChI is InChI=1S/C11H12N4OS/c1-17-11-13-5-7-8(12)4-9(16)15(6-2-3-6)10(7)14-11/h4-6H,2-3,12H2,1H3. The predicted octanol–water partition coefficient (Wildman–Crippen LogP) is 1.43. The van der Waals surface area contributed by atoms with Gasteiger partial charge in [0.2, 0.25) is 0 Å². The summed E-state index contributed by atoms with van der Waals surface area (Å²) in [5, 5.41) is 1.42. The molecule has 0 saturated heterocycles. The van der Waals surface area contributed by atoms with Crippen LogP contribution in [0.2, 0.25) is 0 Å². The number of thioether (sulfide) groups is 1. The van der Waals surface area contributed by atoms with E-state index in [9.17, 15) is 4.79 Å². The predicted molar refractivity (Wildman–Crippen MR) is 68.3 cm³/mol. The molecule has 0 radical (unpaired) electrons. The Kier molecular flexibility index (Phi) is 2.32. The van der Waals surface area contributed by atoms with Crippen molar-refractivity contribution in [3.8, 4) is 0 Å². The fourth-order valence-electron chi connectivity index (χ4n) is 1.91. The van der Waals surface area contributed by atoms with Crippen molar-refractivity contribution in [3.05, 3.63) is 22.6 Å². The first kappa shape index (κ1) is 10.6. The number of nitrogens with zero attached hydrogens (tertiary/aromatic N) is 3. The maximum absolute atomic E-state index is 12.0. The Bertz CT molecular complexity index is 648. The minimum Gasteiger partial charge on any atom is -0.398 e. The molecule has 0 aliphatic heterocycles. The van der Waals surface area contributed by atoms with Crippen molar-refractivity contribution in [2.75, 3.05) is 12.0 Å². The maximum Gasteiger partial charge on any atom is 0.254 e. The van der Waals surface area contributed by atoms with E-state index >= 15 is 0 Å². The lowest BCUT2D eigenvalue weighted by atomic mass is 10.3. The second-order valence-corrected chi connectivity index (χ2v) is 4.91. The van der Waals surface area contributed by atoms with Crippen LogP contribution in [0.1, 0.15) is 18.9 Å². The quantitative estimate of drug-likeness (QED) is 0.643. The van der Waals surface area contributed by atoms with Gasteiger partial charge in [-0.25, -0.2) is 9.97 Å². The minimum atomic E-state index is -0.0664. The van der Waals surface area contributed by atoms with Crippen molar-refractivity contribution in [2.45, 2.75) is 24.0 Å². The molecule has 2 heterocycles. The molecule has 0 spiro atoms. The first-order chi connectivity index (χ1) is 8.20. The fourth-order valence-corrected chi connectivity index (χ4v) is 2.25. The molecule has 3 rings (SSSR count). The molecule has 0 unspecified atom stereocenters. The minimum absolute atomic E-state index is 0.0664. The zero-order valence-electron chi connectivity index (χ0n) is 9.38. The van der Waals surface area contributed by atoms with Gasteiger partial charge in [-0.05, 0) is 19.1 Å². The Morgan fingerprint density at radius 2 is 2.29 bits per heavy atom. The molecule has 5 nitrogen and oxygen atoms in total. The van der Waals surface area contributed by atoms with Gasteiger partial charge in [-0.3, -0.25) is 9.36 Å². The fraction of sp³-hybridized carbons (Fsp3) is 0.364. The Balaban J connectivity index is 2.39. The summed E-state index contributed by atoms with van der Waals surface area (Å²) in [6, 6.07) is 1.75. The van der Waals surface area contributed by atoms with E-state index in [1.807, 2.05) is 6.26 Å². The molecule has 0 atom stereocenters. The molecule has 88 valence electrons. The van der Waals surface area contributed by atoms with E-state index in [0.29, 0.717) is 16.5 Å². The summed E-state index contributed by atoms with van der Waals surface area (Å²) in [5.74, 6) is 0. The number of anilines is 1. The van der Waals surface area contributed by atoms with Gasteiger partial charge >= 0.3 is 0 Å². The number of fused-ring (bicyclic) bond motifs is 1. The molecule has 0 bridgehead atoms. The highest BCUT2D eigenvalue weighted by atomic mass is 32.2. The summed E-state index contributed by atoms with van der Waals surface area (Å²) in [6.07, 6.45) is 5.68. The van der Waals surface area contributed by atoms with Crippen molar-refractivity contribution in [3.63, 3.8) is 0 Å². The van der Waals surface area contributed by atoms with Crippen LogP contribution in [0.3, 0.4) is 0 Å². The van der Waals surface area contributed by atoms with Crippen molar-refractivity contribution in [1.82, 2.24) is 14.5 Å². The van der Waals surface area contributed by atoms with E-state index in [2.05, 4.69) is 9.97 Å². The van der Waals surface area contributed by atoms with Crippen LogP contribution in [-0.2, 0) is 0 Å². The molecule has 17 heavy (non-hydrogen) atoms. The average Bonchev–Trinajstić information content (AvgIpc) is 3.12. The highest BCUT2D eigenvalue weighted by molar-refractivity contribution is 7.98. The van der Waals surface area contributed by atoms with Crippen LogP contribution in [0.25, 0.3) is 11.0 Å². The third-order valence-corrected chi connectivity index (χ3v) is 3.46. The molecule has 1 aliphatic rings. The molecule has 1 aliphatic carbocycles. The van der Waals surface area contributed by atoms with Gasteiger partial charge in [0, 0.05) is 24.0 Å². The van der Waals surface area contributed by atoms with Crippen LogP contribution in [0.15, 0.2) is 22.2 Å². The monoisotopic (exact) mass is 248 g/mol. The summed E-state index contributed by atoms with van der Waals surface area (Å²) < 4.78 is 1.74. The average molecular weight is 248 g/mol. The number of hydrogen-bond acceptors (Lipinski definition) is 5. The molecule has 6 heteroatoms. The summed E-state index contributed by atoms with van der Waals surface area (Å²) in [7, 11) is 0. The van der Waals surface area contributed by atoms with Crippen molar-refractivity contribution in [2.24, 2.45) is 0 Å². The Morgan fingerprint density at radius 1 is 1.53 bits per heavy atom. The van der Waals surface area contributed by atoms with Gasteiger partial charge in [0.25, 0.3) is 5.56 Å². The van der Waals surface area contributed by atoms with Gasteiger partial charge in [0.15, 0.2) is 5.16 Å². The molecular formula is C11H12N4OS. The summed E-state index contributed by atoms with van der Waals surface area (Å²) in [6.45, 7) is 0. The van der Waals surface area contributed by atoms with E-state index in [1.54, 1.807) is 10.8 Å². The van der Waals surface area contributed by atoms with E-state index in [0.717, 1.165) is 18.2 Å². The molecule has 2 aromatic heterocycles. The van der Waals surface area contributed by atoms with Gasteiger partial charge in [-0.2, -0.15) is 0 Å². The highest BCUT2D eigenvalue weighted by Gasteiger charge is 2.27. The lowest BCUT2D eigenvalue weighted by Gasteiger charge is -2.09. The molecule has 1 saturated carbocycles. The number of pyridine rings is 1. The summed E-state index contributed by atoms with van der Waals surface area (Å²) in [5.41, 5.74) is 6.89. The second kappa shape index (κ2) is 3.73. The molecule has 2 N–H and O–H groups in total. The molecule has 0 aromatic carbocycles. The molecule has 1 fully saturated rings. The Labute approximate surface area is 102 Å². The Morgan fingerprint density at radius 3 is 2.94 bits per heavy atom. The number of nitrogens with two attached hydrogens (primary N) is 1. The van der Waals surface area contributed by atoms with Gasteiger partial charge in [0.05, 0.1) is 5.39 Å². The highest BCUT2D eigenvalue weighted by Crippen LogP contribution is 2.36. The number of nitrogen functional groups attached to an aromatic ring is 1. The first-order valence-electron chi connectivity index (χ1n) is 5.42. The first-order valence-corrected chi connectivity index (χ1v) is 6.65. The number of aromatic nitrogens is 3.